The summed E-state index contributed by atoms with van der Waals surface area (Å²) in [4.78, 5) is 13.4. The summed E-state index contributed by atoms with van der Waals surface area (Å²) in [5, 5.41) is 12.2. The highest BCUT2D eigenvalue weighted by molar-refractivity contribution is 5.73. The van der Waals surface area contributed by atoms with E-state index in [9.17, 15) is 9.90 Å². The van der Waals surface area contributed by atoms with Crippen molar-refractivity contribution in [2.75, 3.05) is 13.6 Å². The lowest BCUT2D eigenvalue weighted by Gasteiger charge is -2.21. The third-order valence-corrected chi connectivity index (χ3v) is 3.44. The third kappa shape index (κ3) is 5.93. The molecule has 0 aliphatic heterocycles. The second-order valence-corrected chi connectivity index (χ2v) is 5.84. The molecule has 1 aromatic rings. The molecule has 2 N–H and O–H groups in total. The summed E-state index contributed by atoms with van der Waals surface area (Å²) in [6, 6.07) is 5.76. The number of nitrogens with zero attached hydrogens (tertiary/aromatic N) is 1. The Labute approximate surface area is 133 Å². The van der Waals surface area contributed by atoms with Crippen LogP contribution in [-0.4, -0.2) is 41.8 Å². The maximum Gasteiger partial charge on any atom is 0.317 e. The van der Waals surface area contributed by atoms with E-state index in [1.54, 1.807) is 14.0 Å². The van der Waals surface area contributed by atoms with Crippen LogP contribution in [0.2, 0.25) is 0 Å². The maximum atomic E-state index is 12.0. The molecular weight excluding hydrogens is 280 g/mol. The third-order valence-electron chi connectivity index (χ3n) is 3.44. The van der Waals surface area contributed by atoms with Crippen molar-refractivity contribution in [1.82, 2.24) is 10.2 Å². The summed E-state index contributed by atoms with van der Waals surface area (Å²) in [7, 11) is 1.66. The van der Waals surface area contributed by atoms with E-state index in [0.29, 0.717) is 13.1 Å². The molecule has 1 aromatic carbocycles. The molecule has 0 radical (unpaired) electrons. The monoisotopic (exact) mass is 308 g/mol. The second-order valence-electron chi connectivity index (χ2n) is 5.84. The molecule has 0 fully saturated rings. The van der Waals surface area contributed by atoms with Gasteiger partial charge in [0.2, 0.25) is 0 Å². The van der Waals surface area contributed by atoms with E-state index < -0.39 is 6.10 Å². The first kappa shape index (κ1) is 18.3. The SMILES string of the molecule is CCC(C)Oc1cc(C)ccc1CNC(=O)N(C)CC(C)O. The van der Waals surface area contributed by atoms with Gasteiger partial charge >= 0.3 is 6.03 Å². The van der Waals surface area contributed by atoms with Crippen molar-refractivity contribution in [2.24, 2.45) is 0 Å². The number of urea groups is 1. The van der Waals surface area contributed by atoms with Crippen LogP contribution in [0, 0.1) is 6.92 Å². The van der Waals surface area contributed by atoms with Gasteiger partial charge < -0.3 is 20.1 Å². The minimum atomic E-state index is -0.542. The lowest BCUT2D eigenvalue weighted by Crippen LogP contribution is -2.40. The van der Waals surface area contributed by atoms with Gasteiger partial charge in [0.1, 0.15) is 5.75 Å². The Kier molecular flexibility index (Phi) is 7.18. The standard InChI is InChI=1S/C17H28N2O3/c1-6-14(4)22-16-9-12(2)7-8-15(16)10-18-17(21)19(5)11-13(3)20/h7-9,13-14,20H,6,10-11H2,1-5H3,(H,18,21). The number of carbonyl (C=O) groups excluding carboxylic acids is 1. The summed E-state index contributed by atoms with van der Waals surface area (Å²) in [5.74, 6) is 0.813. The lowest BCUT2D eigenvalue weighted by molar-refractivity contribution is 0.143. The maximum absolute atomic E-state index is 12.0. The molecule has 22 heavy (non-hydrogen) atoms. The van der Waals surface area contributed by atoms with Gasteiger partial charge in [-0.25, -0.2) is 4.79 Å². The van der Waals surface area contributed by atoms with Gasteiger partial charge in [-0.15, -0.1) is 0 Å². The van der Waals surface area contributed by atoms with E-state index in [2.05, 4.69) is 12.2 Å². The Morgan fingerprint density at radius 2 is 2.09 bits per heavy atom. The number of likely N-dealkylation sites (N-methyl/N-ethyl adjacent to an activating group) is 1. The van der Waals surface area contributed by atoms with Crippen molar-refractivity contribution in [2.45, 2.75) is 52.9 Å². The Bertz CT molecular complexity index is 489. The van der Waals surface area contributed by atoms with Crippen LogP contribution in [0.15, 0.2) is 18.2 Å². The van der Waals surface area contributed by atoms with Crippen molar-refractivity contribution < 1.29 is 14.6 Å². The second kappa shape index (κ2) is 8.63. The van der Waals surface area contributed by atoms with E-state index in [-0.39, 0.29) is 12.1 Å². The Balaban J connectivity index is 2.70. The predicted octanol–water partition coefficient (Wildman–Crippen LogP) is 2.69. The van der Waals surface area contributed by atoms with Gasteiger partial charge in [-0.3, -0.25) is 0 Å². The molecule has 2 atom stereocenters. The highest BCUT2D eigenvalue weighted by Gasteiger charge is 2.12. The molecular formula is C17H28N2O3. The Morgan fingerprint density at radius 3 is 2.68 bits per heavy atom. The van der Waals surface area contributed by atoms with Crippen LogP contribution >= 0.6 is 0 Å². The van der Waals surface area contributed by atoms with E-state index >= 15 is 0 Å². The van der Waals surface area contributed by atoms with E-state index in [4.69, 9.17) is 4.74 Å². The van der Waals surface area contributed by atoms with Crippen LogP contribution in [0.5, 0.6) is 5.75 Å². The van der Waals surface area contributed by atoms with Gasteiger partial charge in [0.25, 0.3) is 0 Å². The number of aryl methyl sites for hydroxylation is 1. The summed E-state index contributed by atoms with van der Waals surface area (Å²) in [6.45, 7) is 8.48. The van der Waals surface area contributed by atoms with Gasteiger partial charge in [0.15, 0.2) is 0 Å². The Morgan fingerprint density at radius 1 is 1.41 bits per heavy atom. The van der Waals surface area contributed by atoms with Crippen molar-refractivity contribution >= 4 is 6.03 Å². The highest BCUT2D eigenvalue weighted by Crippen LogP contribution is 2.22. The number of carbonyl (C=O) groups is 1. The van der Waals surface area contributed by atoms with Gasteiger partial charge in [0.05, 0.1) is 12.2 Å². The van der Waals surface area contributed by atoms with Gasteiger partial charge in [0, 0.05) is 25.7 Å². The van der Waals surface area contributed by atoms with Crippen molar-refractivity contribution in [3.63, 3.8) is 0 Å². The zero-order valence-electron chi connectivity index (χ0n) is 14.2. The highest BCUT2D eigenvalue weighted by atomic mass is 16.5. The topological polar surface area (TPSA) is 61.8 Å². The van der Waals surface area contributed by atoms with Gasteiger partial charge in [-0.1, -0.05) is 19.1 Å². The summed E-state index contributed by atoms with van der Waals surface area (Å²) in [6.07, 6.45) is 0.519. The zero-order valence-corrected chi connectivity index (χ0v) is 14.2. The molecule has 0 bridgehead atoms. The first-order valence-corrected chi connectivity index (χ1v) is 7.76. The average Bonchev–Trinajstić information content (AvgIpc) is 2.45. The lowest BCUT2D eigenvalue weighted by atomic mass is 10.1. The van der Waals surface area contributed by atoms with Crippen molar-refractivity contribution in [3.05, 3.63) is 29.3 Å². The summed E-state index contributed by atoms with van der Waals surface area (Å²) < 4.78 is 5.93. The van der Waals surface area contributed by atoms with Gasteiger partial charge in [-0.2, -0.15) is 0 Å². The molecule has 2 amide bonds. The quantitative estimate of drug-likeness (QED) is 0.814. The number of nitrogens with one attached hydrogen (secondary N) is 1. The van der Waals surface area contributed by atoms with Crippen molar-refractivity contribution in [3.8, 4) is 5.75 Å². The normalized spacial score (nSPS) is 13.4. The predicted molar refractivity (Wildman–Crippen MR) is 88.1 cm³/mol. The fraction of sp³-hybridized carbons (Fsp3) is 0.588. The molecule has 1 rings (SSSR count). The number of ether oxygens (including phenoxy) is 1. The molecule has 2 unspecified atom stereocenters. The van der Waals surface area contributed by atoms with Crippen LogP contribution in [0.4, 0.5) is 4.79 Å². The first-order chi connectivity index (χ1) is 10.3. The number of benzene rings is 1. The van der Waals surface area contributed by atoms with E-state index in [0.717, 1.165) is 23.3 Å². The van der Waals surface area contributed by atoms with E-state index in [1.165, 1.54) is 4.90 Å². The number of aliphatic hydroxyl groups excluding tert-OH is 1. The molecule has 0 aliphatic rings. The molecule has 0 heterocycles. The van der Waals surface area contributed by atoms with Crippen LogP contribution in [0.3, 0.4) is 0 Å². The van der Waals surface area contributed by atoms with Crippen LogP contribution in [0.25, 0.3) is 0 Å². The summed E-state index contributed by atoms with van der Waals surface area (Å²) in [5.41, 5.74) is 2.07. The minimum absolute atomic E-state index is 0.133. The number of amides is 2. The molecule has 0 saturated carbocycles. The van der Waals surface area contributed by atoms with Gasteiger partial charge in [-0.05, 0) is 38.8 Å². The molecule has 0 saturated heterocycles. The molecule has 0 spiro atoms. The Hall–Kier alpha value is -1.75. The fourth-order valence-electron chi connectivity index (χ4n) is 2.00. The largest absolute Gasteiger partial charge is 0.490 e. The minimum Gasteiger partial charge on any atom is -0.490 e. The molecule has 0 aliphatic carbocycles. The molecule has 0 aromatic heterocycles. The zero-order chi connectivity index (χ0) is 16.7. The van der Waals surface area contributed by atoms with Crippen molar-refractivity contribution in [1.29, 1.82) is 0 Å². The number of hydrogen-bond donors (Lipinski definition) is 2. The number of hydrogen-bond acceptors (Lipinski definition) is 3. The average molecular weight is 308 g/mol. The smallest absolute Gasteiger partial charge is 0.317 e. The van der Waals surface area contributed by atoms with Crippen LogP contribution in [-0.2, 0) is 6.54 Å². The molecule has 5 heteroatoms. The first-order valence-electron chi connectivity index (χ1n) is 7.76. The summed E-state index contributed by atoms with van der Waals surface area (Å²) >= 11 is 0. The fourth-order valence-corrected chi connectivity index (χ4v) is 2.00. The van der Waals surface area contributed by atoms with Crippen LogP contribution < -0.4 is 10.1 Å². The number of aliphatic hydroxyl groups is 1. The molecule has 5 nitrogen and oxygen atoms in total. The number of rotatable bonds is 7. The van der Waals surface area contributed by atoms with E-state index in [1.807, 2.05) is 32.0 Å². The van der Waals surface area contributed by atoms with Crippen LogP contribution in [0.1, 0.15) is 38.3 Å². The molecule has 124 valence electrons.